The molecular formula is C20H20ClF3N6O2S. The van der Waals surface area contributed by atoms with Gasteiger partial charge in [-0.2, -0.15) is 17.9 Å². The lowest BCUT2D eigenvalue weighted by Gasteiger charge is -2.15. The molecule has 0 saturated carbocycles. The number of hydrogen-bond acceptors (Lipinski definition) is 6. The van der Waals surface area contributed by atoms with Gasteiger partial charge in [-0.1, -0.05) is 22.9 Å². The fourth-order valence-corrected chi connectivity index (χ4v) is 3.90. The monoisotopic (exact) mass is 500 g/mol. The molecular weight excluding hydrogens is 481 g/mol. The molecule has 0 unspecified atom stereocenters. The number of nitrogens with zero attached hydrogens (tertiary/aromatic N) is 4. The van der Waals surface area contributed by atoms with Crippen molar-refractivity contribution in [1.82, 2.24) is 30.4 Å². The van der Waals surface area contributed by atoms with E-state index in [9.17, 15) is 22.8 Å². The van der Waals surface area contributed by atoms with E-state index in [1.807, 2.05) is 13.8 Å². The van der Waals surface area contributed by atoms with Crippen LogP contribution in [0.2, 0.25) is 5.02 Å². The number of thiazole rings is 1. The molecule has 1 aromatic carbocycles. The quantitative estimate of drug-likeness (QED) is 0.524. The zero-order valence-electron chi connectivity index (χ0n) is 18.0. The second-order valence-electron chi connectivity index (χ2n) is 7.49. The first kappa shape index (κ1) is 24.6. The zero-order chi connectivity index (χ0) is 24.5. The number of aryl methyl sites for hydroxylation is 1. The first-order valence-corrected chi connectivity index (χ1v) is 10.9. The lowest BCUT2D eigenvalue weighted by Crippen LogP contribution is -2.29. The molecule has 176 valence electrons. The average Bonchev–Trinajstić information content (AvgIpc) is 3.33. The van der Waals surface area contributed by atoms with E-state index in [-0.39, 0.29) is 22.5 Å². The molecule has 0 spiro atoms. The van der Waals surface area contributed by atoms with Crippen LogP contribution in [0.3, 0.4) is 0 Å². The molecule has 0 saturated heterocycles. The Kier molecular flexibility index (Phi) is 7.08. The molecule has 0 aliphatic heterocycles. The SMILES string of the molecule is Cc1nc([C@H](C)NC(=O)c2cc(Cl)cc(C(F)(F)F)c2)n(-c2ncc(C(=O)NC(C)C)s2)n1. The Morgan fingerprint density at radius 3 is 2.45 bits per heavy atom. The van der Waals surface area contributed by atoms with E-state index in [2.05, 4.69) is 25.7 Å². The molecule has 2 N–H and O–H groups in total. The number of carbonyl (C=O) groups excluding carboxylic acids is 2. The minimum atomic E-state index is -4.65. The number of benzene rings is 1. The molecule has 33 heavy (non-hydrogen) atoms. The number of rotatable bonds is 6. The van der Waals surface area contributed by atoms with Gasteiger partial charge in [0.1, 0.15) is 10.7 Å². The minimum Gasteiger partial charge on any atom is -0.349 e. The van der Waals surface area contributed by atoms with Crippen molar-refractivity contribution in [2.45, 2.75) is 46.0 Å². The predicted molar refractivity (Wildman–Crippen MR) is 117 cm³/mol. The van der Waals surface area contributed by atoms with Crippen molar-refractivity contribution in [3.63, 3.8) is 0 Å². The number of alkyl halides is 3. The van der Waals surface area contributed by atoms with Crippen molar-refractivity contribution in [3.8, 4) is 5.13 Å². The molecule has 13 heteroatoms. The Morgan fingerprint density at radius 1 is 1.12 bits per heavy atom. The lowest BCUT2D eigenvalue weighted by molar-refractivity contribution is -0.137. The summed E-state index contributed by atoms with van der Waals surface area (Å²) in [6.07, 6.45) is -3.24. The summed E-state index contributed by atoms with van der Waals surface area (Å²) in [6.45, 7) is 6.91. The number of nitrogens with one attached hydrogen (secondary N) is 2. The summed E-state index contributed by atoms with van der Waals surface area (Å²) < 4.78 is 40.6. The molecule has 0 aliphatic rings. The molecule has 0 bridgehead atoms. The van der Waals surface area contributed by atoms with E-state index >= 15 is 0 Å². The fraction of sp³-hybridized carbons (Fsp3) is 0.350. The van der Waals surface area contributed by atoms with Gasteiger partial charge in [-0.3, -0.25) is 9.59 Å². The Hall–Kier alpha value is -2.99. The van der Waals surface area contributed by atoms with Gasteiger partial charge in [-0.25, -0.2) is 9.97 Å². The molecule has 3 rings (SSSR count). The van der Waals surface area contributed by atoms with Crippen LogP contribution in [0.15, 0.2) is 24.4 Å². The standard InChI is InChI=1S/C20H20ClF3N6O2S/c1-9(2)26-18(32)15-8-25-19(33-15)30-16(28-11(4)29-30)10(3)27-17(31)12-5-13(20(22,23)24)7-14(21)6-12/h5-10H,1-4H3,(H,26,32)(H,27,31)/t10-/m0/s1. The Morgan fingerprint density at radius 2 is 1.82 bits per heavy atom. The van der Waals surface area contributed by atoms with E-state index in [1.54, 1.807) is 13.8 Å². The maximum absolute atomic E-state index is 13.1. The minimum absolute atomic E-state index is 0.0492. The highest BCUT2D eigenvalue weighted by Crippen LogP contribution is 2.32. The van der Waals surface area contributed by atoms with Crippen molar-refractivity contribution in [2.75, 3.05) is 0 Å². The molecule has 2 aromatic heterocycles. The number of hydrogen-bond donors (Lipinski definition) is 2. The summed E-state index contributed by atoms with van der Waals surface area (Å²) in [4.78, 5) is 33.8. The second-order valence-corrected chi connectivity index (χ2v) is 8.93. The van der Waals surface area contributed by atoms with Crippen LogP contribution in [0.5, 0.6) is 0 Å². The van der Waals surface area contributed by atoms with Crippen LogP contribution in [0, 0.1) is 6.92 Å². The van der Waals surface area contributed by atoms with Crippen LogP contribution < -0.4 is 10.6 Å². The van der Waals surface area contributed by atoms with Crippen molar-refractivity contribution in [1.29, 1.82) is 0 Å². The lowest BCUT2D eigenvalue weighted by atomic mass is 10.1. The summed E-state index contributed by atoms with van der Waals surface area (Å²) in [7, 11) is 0. The third-order valence-electron chi connectivity index (χ3n) is 4.28. The zero-order valence-corrected chi connectivity index (χ0v) is 19.6. The largest absolute Gasteiger partial charge is 0.416 e. The van der Waals surface area contributed by atoms with Crippen LogP contribution >= 0.6 is 22.9 Å². The predicted octanol–water partition coefficient (Wildman–Crippen LogP) is 4.33. The van der Waals surface area contributed by atoms with E-state index < -0.39 is 23.7 Å². The molecule has 0 aliphatic carbocycles. The highest BCUT2D eigenvalue weighted by atomic mass is 35.5. The van der Waals surface area contributed by atoms with Crippen molar-refractivity contribution < 1.29 is 22.8 Å². The fourth-order valence-electron chi connectivity index (χ4n) is 2.88. The summed E-state index contributed by atoms with van der Waals surface area (Å²) in [5.74, 6) is -0.366. The summed E-state index contributed by atoms with van der Waals surface area (Å²) >= 11 is 6.86. The Labute approximate surface area is 196 Å². The Bertz CT molecular complexity index is 1190. The average molecular weight is 501 g/mol. The van der Waals surface area contributed by atoms with E-state index in [1.165, 1.54) is 10.9 Å². The molecule has 2 heterocycles. The summed E-state index contributed by atoms with van der Waals surface area (Å²) in [5, 5.41) is 9.79. The van der Waals surface area contributed by atoms with Gasteiger partial charge in [0.05, 0.1) is 17.8 Å². The van der Waals surface area contributed by atoms with Crippen LogP contribution in [-0.2, 0) is 6.18 Å². The topological polar surface area (TPSA) is 102 Å². The molecule has 1 atom stereocenters. The van der Waals surface area contributed by atoms with Gasteiger partial charge < -0.3 is 10.6 Å². The van der Waals surface area contributed by atoms with Gasteiger partial charge in [-0.15, -0.1) is 5.10 Å². The van der Waals surface area contributed by atoms with E-state index in [4.69, 9.17) is 11.6 Å². The molecule has 2 amide bonds. The van der Waals surface area contributed by atoms with Gasteiger partial charge in [0.15, 0.2) is 5.82 Å². The first-order chi connectivity index (χ1) is 15.3. The van der Waals surface area contributed by atoms with Gasteiger partial charge >= 0.3 is 6.18 Å². The van der Waals surface area contributed by atoms with Gasteiger partial charge in [0, 0.05) is 16.6 Å². The van der Waals surface area contributed by atoms with E-state index in [0.717, 1.165) is 29.5 Å². The highest BCUT2D eigenvalue weighted by molar-refractivity contribution is 7.16. The third-order valence-corrected chi connectivity index (χ3v) is 5.47. The van der Waals surface area contributed by atoms with Gasteiger partial charge in [0.2, 0.25) is 5.13 Å². The molecule has 0 fully saturated rings. The highest BCUT2D eigenvalue weighted by Gasteiger charge is 2.32. The van der Waals surface area contributed by atoms with Crippen LogP contribution in [-0.4, -0.2) is 37.6 Å². The first-order valence-electron chi connectivity index (χ1n) is 9.74. The van der Waals surface area contributed by atoms with Crippen molar-refractivity contribution in [3.05, 3.63) is 57.1 Å². The van der Waals surface area contributed by atoms with Crippen molar-refractivity contribution >= 4 is 34.8 Å². The maximum Gasteiger partial charge on any atom is 0.416 e. The molecule has 0 radical (unpaired) electrons. The maximum atomic E-state index is 13.1. The molecule has 3 aromatic rings. The summed E-state index contributed by atoms with van der Waals surface area (Å²) in [6, 6.07) is 1.83. The normalized spacial score (nSPS) is 12.6. The number of aromatic nitrogens is 4. The number of amides is 2. The van der Waals surface area contributed by atoms with Gasteiger partial charge in [-0.05, 0) is 45.9 Å². The molecule has 8 nitrogen and oxygen atoms in total. The second kappa shape index (κ2) is 9.48. The Balaban J connectivity index is 1.85. The number of carbonyl (C=O) groups is 2. The van der Waals surface area contributed by atoms with E-state index in [0.29, 0.717) is 21.7 Å². The third kappa shape index (κ3) is 5.88. The smallest absolute Gasteiger partial charge is 0.349 e. The van der Waals surface area contributed by atoms with Gasteiger partial charge in [0.25, 0.3) is 11.8 Å². The van der Waals surface area contributed by atoms with Crippen LogP contribution in [0.25, 0.3) is 5.13 Å². The summed E-state index contributed by atoms with van der Waals surface area (Å²) in [5.41, 5.74) is -1.27. The number of halogens is 4. The van der Waals surface area contributed by atoms with Crippen LogP contribution in [0.4, 0.5) is 13.2 Å². The van der Waals surface area contributed by atoms with Crippen LogP contribution in [0.1, 0.15) is 64.1 Å². The van der Waals surface area contributed by atoms with Crippen molar-refractivity contribution in [2.24, 2.45) is 0 Å².